The van der Waals surface area contributed by atoms with Crippen molar-refractivity contribution in [3.05, 3.63) is 87.6 Å². The molecule has 1 amide bonds. The van der Waals surface area contributed by atoms with E-state index in [1.165, 1.54) is 18.4 Å². The molecular weight excluding hydrogens is 406 g/mol. The summed E-state index contributed by atoms with van der Waals surface area (Å²) in [6.45, 7) is 0. The van der Waals surface area contributed by atoms with Crippen molar-refractivity contribution in [2.75, 3.05) is 12.4 Å². The SMILES string of the molecule is COC(=O)NC(=S)Nc1cc(C(=O)c2ccccc2)ccc1C(=N)c1cccs1. The predicted molar refractivity (Wildman–Crippen MR) is 118 cm³/mol. The molecule has 0 saturated carbocycles. The van der Waals surface area contributed by atoms with E-state index in [-0.39, 0.29) is 16.6 Å². The van der Waals surface area contributed by atoms with Gasteiger partial charge in [0.2, 0.25) is 0 Å². The molecule has 0 aliphatic carbocycles. The molecule has 29 heavy (non-hydrogen) atoms. The van der Waals surface area contributed by atoms with Crippen molar-refractivity contribution in [2.24, 2.45) is 0 Å². The fraction of sp³-hybridized carbons (Fsp3) is 0.0476. The number of rotatable bonds is 5. The Hall–Kier alpha value is -3.36. The van der Waals surface area contributed by atoms with Crippen LogP contribution in [0.1, 0.15) is 26.4 Å². The quantitative estimate of drug-likeness (QED) is 0.320. The molecule has 1 heterocycles. The third kappa shape index (κ3) is 4.92. The van der Waals surface area contributed by atoms with Gasteiger partial charge in [0.1, 0.15) is 0 Å². The number of benzene rings is 2. The van der Waals surface area contributed by atoms with Crippen LogP contribution in [0.15, 0.2) is 66.0 Å². The molecule has 3 rings (SSSR count). The summed E-state index contributed by atoms with van der Waals surface area (Å²) < 4.78 is 4.54. The molecule has 0 unspecified atom stereocenters. The summed E-state index contributed by atoms with van der Waals surface area (Å²) in [7, 11) is 1.23. The minimum Gasteiger partial charge on any atom is -0.453 e. The molecule has 0 spiro atoms. The molecule has 0 saturated heterocycles. The van der Waals surface area contributed by atoms with Crippen molar-refractivity contribution in [3.63, 3.8) is 0 Å². The van der Waals surface area contributed by atoms with Crippen LogP contribution in [0.4, 0.5) is 10.5 Å². The second kappa shape index (κ2) is 9.22. The number of methoxy groups -OCH3 is 1. The molecule has 6 nitrogen and oxygen atoms in total. The van der Waals surface area contributed by atoms with E-state index in [1.807, 2.05) is 23.6 Å². The number of alkyl carbamates (subject to hydrolysis) is 1. The Bertz CT molecular complexity index is 1060. The highest BCUT2D eigenvalue weighted by molar-refractivity contribution is 7.80. The van der Waals surface area contributed by atoms with Gasteiger partial charge in [0, 0.05) is 16.7 Å². The van der Waals surface area contributed by atoms with Crippen LogP contribution in [0.25, 0.3) is 0 Å². The van der Waals surface area contributed by atoms with Gasteiger partial charge >= 0.3 is 6.09 Å². The van der Waals surface area contributed by atoms with Gasteiger partial charge in [-0.05, 0) is 35.8 Å². The number of anilines is 1. The largest absolute Gasteiger partial charge is 0.453 e. The molecule has 0 atom stereocenters. The number of hydrogen-bond donors (Lipinski definition) is 3. The first kappa shape index (κ1) is 20.4. The van der Waals surface area contributed by atoms with E-state index in [1.54, 1.807) is 42.5 Å². The summed E-state index contributed by atoms with van der Waals surface area (Å²) >= 11 is 6.58. The lowest BCUT2D eigenvalue weighted by atomic mass is 9.98. The van der Waals surface area contributed by atoms with Gasteiger partial charge in [-0.25, -0.2) is 4.79 Å². The molecule has 3 aromatic rings. The Morgan fingerprint density at radius 2 is 1.79 bits per heavy atom. The molecule has 0 radical (unpaired) electrons. The highest BCUT2D eigenvalue weighted by atomic mass is 32.1. The number of carbonyl (C=O) groups is 2. The number of hydrogen-bond acceptors (Lipinski definition) is 6. The predicted octanol–water partition coefficient (Wildman–Crippen LogP) is 4.45. The van der Waals surface area contributed by atoms with E-state index in [4.69, 9.17) is 17.6 Å². The minimum absolute atomic E-state index is 0.00129. The zero-order chi connectivity index (χ0) is 20.8. The van der Waals surface area contributed by atoms with E-state index in [2.05, 4.69) is 15.4 Å². The first-order valence-electron chi connectivity index (χ1n) is 8.52. The third-order valence-electron chi connectivity index (χ3n) is 4.00. The van der Waals surface area contributed by atoms with Crippen molar-refractivity contribution < 1.29 is 14.3 Å². The Kier molecular flexibility index (Phi) is 6.48. The fourth-order valence-electron chi connectivity index (χ4n) is 2.61. The molecule has 0 bridgehead atoms. The number of thiophene rings is 1. The Morgan fingerprint density at radius 3 is 2.45 bits per heavy atom. The molecule has 2 aromatic carbocycles. The summed E-state index contributed by atoms with van der Waals surface area (Å²) in [5.41, 5.74) is 2.25. The summed E-state index contributed by atoms with van der Waals surface area (Å²) in [4.78, 5) is 25.0. The van der Waals surface area contributed by atoms with Crippen LogP contribution in [0.5, 0.6) is 0 Å². The van der Waals surface area contributed by atoms with Crippen LogP contribution in [0.2, 0.25) is 0 Å². The van der Waals surface area contributed by atoms with Crippen LogP contribution >= 0.6 is 23.6 Å². The maximum Gasteiger partial charge on any atom is 0.413 e. The normalized spacial score (nSPS) is 10.1. The maximum absolute atomic E-state index is 12.8. The van der Waals surface area contributed by atoms with Crippen LogP contribution in [0, 0.1) is 5.41 Å². The molecule has 1 aromatic heterocycles. The minimum atomic E-state index is -0.714. The van der Waals surface area contributed by atoms with Gasteiger partial charge in [0.15, 0.2) is 10.9 Å². The van der Waals surface area contributed by atoms with Crippen molar-refractivity contribution in [1.29, 1.82) is 5.41 Å². The third-order valence-corrected chi connectivity index (χ3v) is 5.10. The zero-order valence-corrected chi connectivity index (χ0v) is 17.0. The van der Waals surface area contributed by atoms with E-state index < -0.39 is 6.09 Å². The van der Waals surface area contributed by atoms with Crippen molar-refractivity contribution in [3.8, 4) is 0 Å². The standard InChI is InChI=1S/C21H17N3O3S2/c1-27-21(26)24-20(28)23-16-12-14(19(25)13-6-3-2-4-7-13)9-10-15(16)18(22)17-8-5-11-29-17/h2-12,22H,1H3,(H2,23,24,26,28). The first-order valence-corrected chi connectivity index (χ1v) is 9.81. The highest BCUT2D eigenvalue weighted by Gasteiger charge is 2.17. The van der Waals surface area contributed by atoms with Gasteiger partial charge in [0.05, 0.1) is 23.4 Å². The fourth-order valence-corrected chi connectivity index (χ4v) is 3.50. The van der Waals surface area contributed by atoms with E-state index >= 15 is 0 Å². The topological polar surface area (TPSA) is 91.3 Å². The number of ketones is 1. The van der Waals surface area contributed by atoms with Gasteiger partial charge in [-0.3, -0.25) is 15.5 Å². The molecule has 146 valence electrons. The second-order valence-electron chi connectivity index (χ2n) is 5.88. The maximum atomic E-state index is 12.8. The van der Waals surface area contributed by atoms with Crippen LogP contribution < -0.4 is 10.6 Å². The number of thiocarbonyl (C=S) groups is 1. The van der Waals surface area contributed by atoms with E-state index in [0.717, 1.165) is 4.88 Å². The first-order chi connectivity index (χ1) is 14.0. The van der Waals surface area contributed by atoms with Gasteiger partial charge in [-0.1, -0.05) is 42.5 Å². The molecular formula is C21H17N3O3S2. The monoisotopic (exact) mass is 423 g/mol. The summed E-state index contributed by atoms with van der Waals surface area (Å²) in [5, 5.41) is 15.7. The molecule has 0 aliphatic rings. The van der Waals surface area contributed by atoms with Gasteiger partial charge < -0.3 is 10.1 Å². The summed E-state index contributed by atoms with van der Waals surface area (Å²) in [5.74, 6) is -0.158. The summed E-state index contributed by atoms with van der Waals surface area (Å²) in [6, 6.07) is 17.6. The smallest absolute Gasteiger partial charge is 0.413 e. The van der Waals surface area contributed by atoms with E-state index in [9.17, 15) is 9.59 Å². The Balaban J connectivity index is 1.97. The summed E-state index contributed by atoms with van der Waals surface area (Å²) in [6.07, 6.45) is -0.714. The lowest BCUT2D eigenvalue weighted by Gasteiger charge is -2.15. The van der Waals surface area contributed by atoms with Crippen molar-refractivity contribution in [1.82, 2.24) is 5.32 Å². The van der Waals surface area contributed by atoms with Gasteiger partial charge in [-0.2, -0.15) is 0 Å². The van der Waals surface area contributed by atoms with Gasteiger partial charge in [-0.15, -0.1) is 11.3 Å². The van der Waals surface area contributed by atoms with Crippen LogP contribution in [-0.2, 0) is 4.74 Å². The van der Waals surface area contributed by atoms with Crippen molar-refractivity contribution in [2.45, 2.75) is 0 Å². The number of amides is 1. The average molecular weight is 424 g/mol. The van der Waals surface area contributed by atoms with Gasteiger partial charge in [0.25, 0.3) is 0 Å². The molecule has 8 heteroatoms. The molecule has 0 aliphatic heterocycles. The van der Waals surface area contributed by atoms with E-state index in [0.29, 0.717) is 22.4 Å². The lowest BCUT2D eigenvalue weighted by molar-refractivity contribution is 0.103. The molecule has 0 fully saturated rings. The van der Waals surface area contributed by atoms with Crippen LogP contribution in [-0.4, -0.2) is 29.8 Å². The second-order valence-corrected chi connectivity index (χ2v) is 7.23. The number of carbonyl (C=O) groups excluding carboxylic acids is 2. The number of ether oxygens (including phenoxy) is 1. The lowest BCUT2D eigenvalue weighted by Crippen LogP contribution is -2.34. The number of nitrogens with one attached hydrogen (secondary N) is 3. The zero-order valence-electron chi connectivity index (χ0n) is 15.4. The van der Waals surface area contributed by atoms with Crippen LogP contribution in [0.3, 0.4) is 0 Å². The Labute approximate surface area is 177 Å². The highest BCUT2D eigenvalue weighted by Crippen LogP contribution is 2.25. The van der Waals surface area contributed by atoms with Crippen molar-refractivity contribution >= 4 is 51.9 Å². The Morgan fingerprint density at radius 1 is 1.03 bits per heavy atom. The molecule has 3 N–H and O–H groups in total. The average Bonchev–Trinajstić information content (AvgIpc) is 3.28.